The molecule has 26 heteroatoms. The van der Waals surface area contributed by atoms with Gasteiger partial charge in [0.15, 0.2) is 29.6 Å². The Kier molecular flexibility index (Phi) is 17.1. The first-order valence-corrected chi connectivity index (χ1v) is 20.6. The number of ether oxygens (including phenoxy) is 5. The third-order valence-corrected chi connectivity index (χ3v) is 12.9. The van der Waals surface area contributed by atoms with Crippen molar-refractivity contribution in [2.75, 3.05) is 33.5 Å². The first-order chi connectivity index (χ1) is 31.0. The van der Waals surface area contributed by atoms with Crippen LogP contribution in [0.25, 0.3) is 0 Å². The van der Waals surface area contributed by atoms with E-state index >= 15 is 8.78 Å². The molecular weight excluding hydrogens is 896 g/mol. The van der Waals surface area contributed by atoms with E-state index < -0.39 is 150 Å². The monoisotopic (exact) mass is 949 g/mol. The second-order valence-corrected chi connectivity index (χ2v) is 16.6. The Labute approximate surface area is 374 Å². The van der Waals surface area contributed by atoms with Crippen molar-refractivity contribution in [3.05, 3.63) is 47.6 Å². The van der Waals surface area contributed by atoms with Crippen molar-refractivity contribution >= 4 is 29.7 Å². The number of aliphatic hydroxyl groups excluding tert-OH is 2. The van der Waals surface area contributed by atoms with Crippen molar-refractivity contribution in [3.8, 4) is 11.5 Å². The number of alkyl halides is 2. The Hall–Kier alpha value is -4.65. The van der Waals surface area contributed by atoms with Crippen LogP contribution in [-0.4, -0.2) is 157 Å². The minimum Gasteiger partial charge on any atom is -0.493 e. The fourth-order valence-corrected chi connectivity index (χ4v) is 9.94. The molecule has 0 radical (unpaired) electrons. The quantitative estimate of drug-likeness (QED) is 0.0272. The van der Waals surface area contributed by atoms with Crippen molar-refractivity contribution in [2.24, 2.45) is 22.7 Å². The molecule has 8 N–H and O–H groups in total. The standard InChI is InChI=1S/C40H53F2N3O21/c1-37-12-11-23(46)16-27(37)28(41)17-26-25-18-31(47)40(38(25,2)19-32(48)39(26,37)42,65-34(50)8-6-14-62-43(53)54)33(49)21-61-36(52)64-29-10-9-22(15-30(29)59-3)35(51)60-13-5-4-7-24(66-45(57)58)20-63-44(55)56/h9-12,15-16,24-26,28,31-32,47-48,53-58H,4-8,13-14,17-21H2,1-3H3/t24?,25?,26?,28-,31+,32-,37-,38-,39-,40-/m0/s1. The largest absolute Gasteiger partial charge is 0.514 e. The highest BCUT2D eigenvalue weighted by atomic mass is 19.1. The summed E-state index contributed by atoms with van der Waals surface area (Å²) in [5.41, 5.74) is -9.18. The Bertz CT molecular complexity index is 2010. The normalized spacial score (nSPS) is 30.6. The molecule has 0 aliphatic heterocycles. The summed E-state index contributed by atoms with van der Waals surface area (Å²) in [5, 5.41) is 74.7. The number of carbonyl (C=O) groups excluding carboxylic acids is 5. The number of benzene rings is 1. The van der Waals surface area contributed by atoms with Crippen molar-refractivity contribution < 1.29 is 112 Å². The topological polar surface area (TPSA) is 331 Å². The van der Waals surface area contributed by atoms with E-state index in [2.05, 4.69) is 14.5 Å². The van der Waals surface area contributed by atoms with Crippen molar-refractivity contribution in [3.63, 3.8) is 0 Å². The van der Waals surface area contributed by atoms with Crippen LogP contribution in [0.15, 0.2) is 42.0 Å². The first-order valence-electron chi connectivity index (χ1n) is 20.6. The highest BCUT2D eigenvalue weighted by molar-refractivity contribution is 6.01. The summed E-state index contributed by atoms with van der Waals surface area (Å²) in [4.78, 5) is 79.5. The molecule has 0 spiro atoms. The van der Waals surface area contributed by atoms with Gasteiger partial charge in [-0.25, -0.2) is 28.0 Å². The number of carbonyl (C=O) groups is 5. The third-order valence-electron chi connectivity index (χ3n) is 12.9. The van der Waals surface area contributed by atoms with E-state index in [-0.39, 0.29) is 54.9 Å². The van der Waals surface area contributed by atoms with Crippen LogP contribution in [0.1, 0.15) is 75.6 Å². The summed E-state index contributed by atoms with van der Waals surface area (Å²) in [6.45, 7) is 0.445. The van der Waals surface area contributed by atoms with E-state index in [1.807, 2.05) is 0 Å². The van der Waals surface area contributed by atoms with Gasteiger partial charge in [-0.15, -0.1) is 0 Å². The predicted octanol–water partition coefficient (Wildman–Crippen LogP) is 2.86. The van der Waals surface area contributed by atoms with Crippen LogP contribution < -0.4 is 9.47 Å². The van der Waals surface area contributed by atoms with E-state index in [1.165, 1.54) is 33.1 Å². The number of hydrogen-bond acceptors (Lipinski definition) is 24. The van der Waals surface area contributed by atoms with Crippen LogP contribution in [-0.2, 0) is 43.1 Å². The van der Waals surface area contributed by atoms with Crippen LogP contribution in [0, 0.1) is 22.7 Å². The molecule has 3 saturated carbocycles. The number of allylic oxidation sites excluding steroid dienone is 4. The molecule has 4 aliphatic rings. The Morgan fingerprint density at radius 2 is 1.59 bits per heavy atom. The number of halogens is 2. The van der Waals surface area contributed by atoms with Gasteiger partial charge in [-0.3, -0.25) is 50.5 Å². The zero-order valence-corrected chi connectivity index (χ0v) is 35.9. The van der Waals surface area contributed by atoms with Crippen molar-refractivity contribution in [1.82, 2.24) is 16.2 Å². The highest BCUT2D eigenvalue weighted by Gasteiger charge is 2.79. The summed E-state index contributed by atoms with van der Waals surface area (Å²) >= 11 is 0. The number of rotatable bonds is 22. The number of ketones is 2. The number of fused-ring (bicyclic) bond motifs is 5. The minimum absolute atomic E-state index is 0.0591. The van der Waals surface area contributed by atoms with Crippen molar-refractivity contribution in [2.45, 2.75) is 101 Å². The number of aliphatic hydroxyl groups is 2. The molecule has 0 bridgehead atoms. The van der Waals surface area contributed by atoms with Gasteiger partial charge >= 0.3 is 18.1 Å². The molecule has 3 unspecified atom stereocenters. The maximum atomic E-state index is 17.8. The molecule has 3 fully saturated rings. The predicted molar refractivity (Wildman–Crippen MR) is 205 cm³/mol. The molecule has 0 saturated heterocycles. The summed E-state index contributed by atoms with van der Waals surface area (Å²) < 4.78 is 60.5. The van der Waals surface area contributed by atoms with Crippen LogP contribution in [0.5, 0.6) is 11.5 Å². The molecule has 368 valence electrons. The smallest absolute Gasteiger partial charge is 0.493 e. The van der Waals surface area contributed by atoms with Gasteiger partial charge < -0.3 is 33.9 Å². The Balaban J connectivity index is 1.29. The number of hydrogen-bond donors (Lipinski definition) is 8. The van der Waals surface area contributed by atoms with Gasteiger partial charge in [0.2, 0.25) is 11.4 Å². The maximum Gasteiger partial charge on any atom is 0.514 e. The third kappa shape index (κ3) is 10.7. The first kappa shape index (κ1) is 52.3. The fourth-order valence-electron chi connectivity index (χ4n) is 9.94. The number of esters is 2. The van der Waals surface area contributed by atoms with Gasteiger partial charge in [0.25, 0.3) is 0 Å². The van der Waals surface area contributed by atoms with Gasteiger partial charge in [-0.2, -0.15) is 0 Å². The molecule has 4 aliphatic carbocycles. The Morgan fingerprint density at radius 1 is 0.879 bits per heavy atom. The van der Waals surface area contributed by atoms with E-state index in [9.17, 15) is 34.2 Å². The molecule has 66 heavy (non-hydrogen) atoms. The van der Waals surface area contributed by atoms with Gasteiger partial charge in [0.1, 0.15) is 25.0 Å². The fraction of sp³-hybridized carbons (Fsp3) is 0.625. The van der Waals surface area contributed by atoms with Gasteiger partial charge in [-0.1, -0.05) is 13.0 Å². The molecular formula is C40H53F2N3O21. The summed E-state index contributed by atoms with van der Waals surface area (Å²) in [6, 6.07) is 3.50. The zero-order chi connectivity index (χ0) is 48.8. The average Bonchev–Trinajstić information content (AvgIpc) is 3.46. The number of Topliss-reactive ketones (excluding diaryl/α,β-unsaturated/α-hetero) is 1. The lowest BCUT2D eigenvalue weighted by atomic mass is 9.44. The molecule has 1 aromatic carbocycles. The van der Waals surface area contributed by atoms with Crippen LogP contribution in [0.4, 0.5) is 13.6 Å². The molecule has 0 heterocycles. The summed E-state index contributed by atoms with van der Waals surface area (Å²) in [6.07, 6.45) is -6.86. The van der Waals surface area contributed by atoms with E-state index in [1.54, 1.807) is 0 Å². The number of methoxy groups -OCH3 is 1. The van der Waals surface area contributed by atoms with Gasteiger partial charge in [0, 0.05) is 23.2 Å². The maximum absolute atomic E-state index is 17.8. The van der Waals surface area contributed by atoms with E-state index in [0.717, 1.165) is 24.3 Å². The second kappa shape index (κ2) is 21.5. The number of unbranched alkanes of at least 4 members (excludes halogenated alkanes) is 1. The molecule has 0 aromatic heterocycles. The van der Waals surface area contributed by atoms with E-state index in [4.69, 9.17) is 54.9 Å². The SMILES string of the molecule is COc1cc(C(=O)OCCCCC(CON(O)O)ON(O)O)ccc1OC(=O)OCC(=O)[C@@]1(OC(=O)CCCON(O)O)[C@H](O)CC2C3C[C@H](F)C4=CC(=O)C=C[C@]4(C)[C@@]3(F)[C@@H](O)C[C@@]21C. The Morgan fingerprint density at radius 3 is 2.26 bits per heavy atom. The molecule has 1 aromatic rings. The summed E-state index contributed by atoms with van der Waals surface area (Å²) in [7, 11) is 1.18. The lowest BCUT2D eigenvalue weighted by molar-refractivity contribution is -0.527. The highest BCUT2D eigenvalue weighted by Crippen LogP contribution is 2.70. The second-order valence-electron chi connectivity index (χ2n) is 16.6. The average molecular weight is 950 g/mol. The van der Waals surface area contributed by atoms with E-state index in [0.29, 0.717) is 0 Å². The van der Waals surface area contributed by atoms with Crippen LogP contribution >= 0.6 is 0 Å². The minimum atomic E-state index is -2.65. The van der Waals surface area contributed by atoms with Crippen LogP contribution in [0.3, 0.4) is 0 Å². The number of nitrogens with zero attached hydrogens (tertiary/aromatic N) is 3. The van der Waals surface area contributed by atoms with Gasteiger partial charge in [0.05, 0.1) is 48.2 Å². The lowest BCUT2D eigenvalue weighted by Gasteiger charge is -2.63. The molecule has 10 atom stereocenters. The molecule has 5 rings (SSSR count). The zero-order valence-electron chi connectivity index (χ0n) is 35.9. The van der Waals surface area contributed by atoms with Crippen molar-refractivity contribution in [1.29, 1.82) is 0 Å². The van der Waals surface area contributed by atoms with Gasteiger partial charge in [-0.05, 0) is 93.7 Å². The van der Waals surface area contributed by atoms with Crippen LogP contribution in [0.2, 0.25) is 0 Å². The molecule has 0 amide bonds. The molecule has 24 nitrogen and oxygen atoms in total. The lowest BCUT2D eigenvalue weighted by Crippen LogP contribution is -2.71. The summed E-state index contributed by atoms with van der Waals surface area (Å²) in [5.74, 6) is -6.80.